The van der Waals surface area contributed by atoms with Gasteiger partial charge in [0.1, 0.15) is 11.5 Å². The van der Waals surface area contributed by atoms with Crippen molar-refractivity contribution >= 4 is 5.97 Å². The maximum absolute atomic E-state index is 12.2. The standard InChI is InChI=1S/C22H28O3/c1-3-5-6-7-17-24-20-13-15-21(16-14-20)25-22(23)19-11-9-18(8-4-2)10-12-19/h9-16H,3-8,17H2,1-2H3. The number of carbonyl (C=O) groups is 1. The summed E-state index contributed by atoms with van der Waals surface area (Å²) in [5.41, 5.74) is 1.80. The average Bonchev–Trinajstić information content (AvgIpc) is 2.64. The third-order valence-electron chi connectivity index (χ3n) is 4.03. The first-order valence-corrected chi connectivity index (χ1v) is 9.27. The Kier molecular flexibility index (Phi) is 8.03. The highest BCUT2D eigenvalue weighted by Crippen LogP contribution is 2.19. The van der Waals surface area contributed by atoms with Crippen molar-refractivity contribution in [3.8, 4) is 11.5 Å². The Morgan fingerprint density at radius 2 is 1.48 bits per heavy atom. The van der Waals surface area contributed by atoms with Gasteiger partial charge in [-0.1, -0.05) is 51.7 Å². The van der Waals surface area contributed by atoms with E-state index in [-0.39, 0.29) is 5.97 Å². The predicted molar refractivity (Wildman–Crippen MR) is 101 cm³/mol. The summed E-state index contributed by atoms with van der Waals surface area (Å²) in [6, 6.07) is 14.8. The van der Waals surface area contributed by atoms with E-state index in [2.05, 4.69) is 13.8 Å². The van der Waals surface area contributed by atoms with Gasteiger partial charge in [0.2, 0.25) is 0 Å². The summed E-state index contributed by atoms with van der Waals surface area (Å²) in [7, 11) is 0. The van der Waals surface area contributed by atoms with Crippen molar-refractivity contribution in [2.24, 2.45) is 0 Å². The highest BCUT2D eigenvalue weighted by molar-refractivity contribution is 5.91. The van der Waals surface area contributed by atoms with E-state index in [1.165, 1.54) is 24.8 Å². The quantitative estimate of drug-likeness (QED) is 0.311. The molecule has 134 valence electrons. The predicted octanol–water partition coefficient (Wildman–Crippen LogP) is 5.82. The molecule has 0 radical (unpaired) electrons. The van der Waals surface area contributed by atoms with Gasteiger partial charge in [-0.15, -0.1) is 0 Å². The second-order valence-electron chi connectivity index (χ2n) is 6.22. The van der Waals surface area contributed by atoms with Crippen LogP contribution in [-0.4, -0.2) is 12.6 Å². The van der Waals surface area contributed by atoms with Crippen LogP contribution in [0.15, 0.2) is 48.5 Å². The van der Waals surface area contributed by atoms with E-state index >= 15 is 0 Å². The van der Waals surface area contributed by atoms with Crippen molar-refractivity contribution in [3.05, 3.63) is 59.7 Å². The molecule has 0 heterocycles. The van der Waals surface area contributed by atoms with Gasteiger partial charge in [-0.05, 0) is 54.8 Å². The van der Waals surface area contributed by atoms with E-state index < -0.39 is 0 Å². The van der Waals surface area contributed by atoms with Crippen LogP contribution in [0.2, 0.25) is 0 Å². The van der Waals surface area contributed by atoms with Gasteiger partial charge in [0.25, 0.3) is 0 Å². The number of esters is 1. The number of ether oxygens (including phenoxy) is 2. The lowest BCUT2D eigenvalue weighted by Gasteiger charge is -2.08. The zero-order chi connectivity index (χ0) is 17.9. The second kappa shape index (κ2) is 10.5. The number of unbranched alkanes of at least 4 members (excludes halogenated alkanes) is 3. The van der Waals surface area contributed by atoms with E-state index in [1.807, 2.05) is 36.4 Å². The van der Waals surface area contributed by atoms with Gasteiger partial charge in [-0.2, -0.15) is 0 Å². The van der Waals surface area contributed by atoms with Crippen LogP contribution in [0.5, 0.6) is 11.5 Å². The van der Waals surface area contributed by atoms with Gasteiger partial charge in [0.15, 0.2) is 0 Å². The number of hydrogen-bond donors (Lipinski definition) is 0. The molecule has 0 aliphatic carbocycles. The summed E-state index contributed by atoms with van der Waals surface area (Å²) in [6.45, 7) is 5.06. The molecule has 0 bridgehead atoms. The Morgan fingerprint density at radius 1 is 0.800 bits per heavy atom. The Labute approximate surface area is 151 Å². The van der Waals surface area contributed by atoms with Crippen LogP contribution in [0.1, 0.15) is 61.9 Å². The monoisotopic (exact) mass is 340 g/mol. The zero-order valence-corrected chi connectivity index (χ0v) is 15.3. The molecule has 0 saturated heterocycles. The molecule has 0 aliphatic heterocycles. The molecule has 0 saturated carbocycles. The second-order valence-corrected chi connectivity index (χ2v) is 6.22. The molecule has 0 fully saturated rings. The molecular formula is C22H28O3. The fourth-order valence-corrected chi connectivity index (χ4v) is 2.58. The van der Waals surface area contributed by atoms with Crippen molar-refractivity contribution in [1.29, 1.82) is 0 Å². The van der Waals surface area contributed by atoms with Crippen LogP contribution < -0.4 is 9.47 Å². The minimum absolute atomic E-state index is 0.337. The highest BCUT2D eigenvalue weighted by atomic mass is 16.5. The molecule has 0 unspecified atom stereocenters. The lowest BCUT2D eigenvalue weighted by atomic mass is 10.1. The first-order valence-electron chi connectivity index (χ1n) is 9.27. The Morgan fingerprint density at radius 3 is 2.12 bits per heavy atom. The Hall–Kier alpha value is -2.29. The summed E-state index contributed by atoms with van der Waals surface area (Å²) in [5.74, 6) is 0.998. The third-order valence-corrected chi connectivity index (χ3v) is 4.03. The Bertz CT molecular complexity index is 629. The SMILES string of the molecule is CCCCCCOc1ccc(OC(=O)c2ccc(CCC)cc2)cc1. The van der Waals surface area contributed by atoms with Crippen LogP contribution in [0.3, 0.4) is 0 Å². The third kappa shape index (κ3) is 6.61. The minimum Gasteiger partial charge on any atom is -0.494 e. The molecule has 3 nitrogen and oxygen atoms in total. The molecule has 0 spiro atoms. The molecular weight excluding hydrogens is 312 g/mol. The normalized spacial score (nSPS) is 10.5. The molecule has 0 atom stereocenters. The maximum Gasteiger partial charge on any atom is 0.343 e. The van der Waals surface area contributed by atoms with Gasteiger partial charge in [-0.25, -0.2) is 4.79 Å². The van der Waals surface area contributed by atoms with Crippen LogP contribution in [0.4, 0.5) is 0 Å². The van der Waals surface area contributed by atoms with Crippen LogP contribution in [0.25, 0.3) is 0 Å². The van der Waals surface area contributed by atoms with Gasteiger partial charge in [-0.3, -0.25) is 0 Å². The molecule has 25 heavy (non-hydrogen) atoms. The summed E-state index contributed by atoms with van der Waals surface area (Å²) >= 11 is 0. The van der Waals surface area contributed by atoms with Crippen molar-refractivity contribution in [2.75, 3.05) is 6.61 Å². The van der Waals surface area contributed by atoms with Crippen molar-refractivity contribution in [3.63, 3.8) is 0 Å². The molecule has 3 heteroatoms. The fourth-order valence-electron chi connectivity index (χ4n) is 2.58. The number of rotatable bonds is 10. The first-order chi connectivity index (χ1) is 12.2. The summed E-state index contributed by atoms with van der Waals surface area (Å²) < 4.78 is 11.1. The topological polar surface area (TPSA) is 35.5 Å². The first kappa shape index (κ1) is 19.0. The van der Waals surface area contributed by atoms with E-state index in [1.54, 1.807) is 12.1 Å². The van der Waals surface area contributed by atoms with E-state index in [9.17, 15) is 4.79 Å². The lowest BCUT2D eigenvalue weighted by molar-refractivity contribution is 0.0734. The van der Waals surface area contributed by atoms with Gasteiger partial charge >= 0.3 is 5.97 Å². The van der Waals surface area contributed by atoms with Crippen LogP contribution in [-0.2, 0) is 6.42 Å². The lowest BCUT2D eigenvalue weighted by Crippen LogP contribution is -2.08. The number of benzene rings is 2. The van der Waals surface area contributed by atoms with Gasteiger partial charge in [0, 0.05) is 0 Å². The van der Waals surface area contributed by atoms with Gasteiger partial charge < -0.3 is 9.47 Å². The summed E-state index contributed by atoms with van der Waals surface area (Å²) in [4.78, 5) is 12.2. The number of hydrogen-bond acceptors (Lipinski definition) is 3. The van der Waals surface area contributed by atoms with E-state index in [0.717, 1.165) is 31.6 Å². The molecule has 0 N–H and O–H groups in total. The Balaban J connectivity index is 1.82. The summed E-state index contributed by atoms with van der Waals surface area (Å²) in [6.07, 6.45) is 6.85. The molecule has 2 aromatic carbocycles. The molecule has 2 aromatic rings. The van der Waals surface area contributed by atoms with Gasteiger partial charge in [0.05, 0.1) is 12.2 Å². The van der Waals surface area contributed by atoms with Crippen molar-refractivity contribution < 1.29 is 14.3 Å². The average molecular weight is 340 g/mol. The maximum atomic E-state index is 12.2. The smallest absolute Gasteiger partial charge is 0.343 e. The van der Waals surface area contributed by atoms with Crippen LogP contribution in [0, 0.1) is 0 Å². The molecule has 0 aromatic heterocycles. The number of aryl methyl sites for hydroxylation is 1. The van der Waals surface area contributed by atoms with Crippen molar-refractivity contribution in [2.45, 2.75) is 52.4 Å². The largest absolute Gasteiger partial charge is 0.494 e. The zero-order valence-electron chi connectivity index (χ0n) is 15.3. The van der Waals surface area contributed by atoms with Crippen LogP contribution >= 0.6 is 0 Å². The molecule has 0 amide bonds. The fraction of sp³-hybridized carbons (Fsp3) is 0.409. The highest BCUT2D eigenvalue weighted by Gasteiger charge is 2.08. The summed E-state index contributed by atoms with van der Waals surface area (Å²) in [5, 5.41) is 0. The van der Waals surface area contributed by atoms with E-state index in [4.69, 9.17) is 9.47 Å². The minimum atomic E-state index is -0.337. The molecule has 2 rings (SSSR count). The van der Waals surface area contributed by atoms with Crippen molar-refractivity contribution in [1.82, 2.24) is 0 Å². The van der Waals surface area contributed by atoms with E-state index in [0.29, 0.717) is 11.3 Å². The molecule has 0 aliphatic rings. The number of carbonyl (C=O) groups excluding carboxylic acids is 1.